The summed E-state index contributed by atoms with van der Waals surface area (Å²) < 4.78 is 20.9. The van der Waals surface area contributed by atoms with Gasteiger partial charge in [-0.05, 0) is 79.5 Å². The standard InChI is InChI=1S/C26H31FN2O2S/c1-4-26(30)29-12-11-28(16-19(29)3)17-24(20-8-7-18(2)23(27)15-20)31-22-9-10-25-21(14-22)6-5-13-32-25/h4,7-10,14-15,19,24H,1,5-6,11-13,16-17H2,2-3H3/t19-,24-/m1/s1. The first-order chi connectivity index (χ1) is 15.4. The van der Waals surface area contributed by atoms with Crippen molar-refractivity contribution in [2.24, 2.45) is 0 Å². The zero-order chi connectivity index (χ0) is 22.7. The Morgan fingerprint density at radius 3 is 2.91 bits per heavy atom. The van der Waals surface area contributed by atoms with Gasteiger partial charge in [-0.25, -0.2) is 4.39 Å². The van der Waals surface area contributed by atoms with Crippen molar-refractivity contribution in [1.29, 1.82) is 0 Å². The number of benzene rings is 2. The Labute approximate surface area is 194 Å². The van der Waals surface area contributed by atoms with E-state index in [4.69, 9.17) is 4.74 Å². The van der Waals surface area contributed by atoms with Crippen molar-refractivity contribution in [2.75, 3.05) is 31.9 Å². The summed E-state index contributed by atoms with van der Waals surface area (Å²) in [5.74, 6) is 1.74. The summed E-state index contributed by atoms with van der Waals surface area (Å²) in [6.07, 6.45) is 3.33. The molecule has 32 heavy (non-hydrogen) atoms. The lowest BCUT2D eigenvalue weighted by Gasteiger charge is -2.40. The molecule has 0 radical (unpaired) electrons. The summed E-state index contributed by atoms with van der Waals surface area (Å²) in [7, 11) is 0. The maximum absolute atomic E-state index is 14.4. The van der Waals surface area contributed by atoms with Crippen LogP contribution in [0.25, 0.3) is 0 Å². The highest BCUT2D eigenvalue weighted by Crippen LogP contribution is 2.34. The summed E-state index contributed by atoms with van der Waals surface area (Å²) in [6.45, 7) is 10.2. The quantitative estimate of drug-likeness (QED) is 0.575. The van der Waals surface area contributed by atoms with Crippen LogP contribution < -0.4 is 4.74 Å². The number of fused-ring (bicyclic) bond motifs is 1. The van der Waals surface area contributed by atoms with Crippen LogP contribution in [0.3, 0.4) is 0 Å². The molecule has 0 aliphatic carbocycles. The van der Waals surface area contributed by atoms with Crippen LogP contribution in [0.15, 0.2) is 53.9 Å². The Morgan fingerprint density at radius 1 is 1.31 bits per heavy atom. The van der Waals surface area contributed by atoms with Crippen molar-refractivity contribution in [3.8, 4) is 5.75 Å². The Hall–Kier alpha value is -2.31. The highest BCUT2D eigenvalue weighted by atomic mass is 32.2. The zero-order valence-corrected chi connectivity index (χ0v) is 19.7. The molecule has 2 heterocycles. The van der Waals surface area contributed by atoms with E-state index in [0.29, 0.717) is 18.7 Å². The molecule has 1 saturated heterocycles. The molecule has 1 amide bonds. The summed E-state index contributed by atoms with van der Waals surface area (Å²) >= 11 is 1.90. The molecule has 0 unspecified atom stereocenters. The van der Waals surface area contributed by atoms with Crippen molar-refractivity contribution < 1.29 is 13.9 Å². The van der Waals surface area contributed by atoms with Crippen LogP contribution >= 0.6 is 11.8 Å². The minimum absolute atomic E-state index is 0.0301. The second-order valence-electron chi connectivity index (χ2n) is 8.68. The van der Waals surface area contributed by atoms with Crippen LogP contribution in [0, 0.1) is 12.7 Å². The van der Waals surface area contributed by atoms with Crippen molar-refractivity contribution in [2.45, 2.75) is 43.7 Å². The summed E-state index contributed by atoms with van der Waals surface area (Å²) in [5, 5.41) is 0. The van der Waals surface area contributed by atoms with Gasteiger partial charge in [0.05, 0.1) is 0 Å². The van der Waals surface area contributed by atoms with Crippen LogP contribution in [0.5, 0.6) is 5.75 Å². The van der Waals surface area contributed by atoms with Gasteiger partial charge in [0.1, 0.15) is 17.7 Å². The predicted molar refractivity (Wildman–Crippen MR) is 128 cm³/mol. The molecule has 170 valence electrons. The third-order valence-electron chi connectivity index (χ3n) is 6.32. The number of carbonyl (C=O) groups excluding carboxylic acids is 1. The molecular weight excluding hydrogens is 423 g/mol. The van der Waals surface area contributed by atoms with E-state index in [1.165, 1.54) is 23.0 Å². The maximum atomic E-state index is 14.4. The van der Waals surface area contributed by atoms with E-state index in [9.17, 15) is 9.18 Å². The summed E-state index contributed by atoms with van der Waals surface area (Å²) in [5.41, 5.74) is 2.79. The van der Waals surface area contributed by atoms with E-state index in [1.807, 2.05) is 34.9 Å². The van der Waals surface area contributed by atoms with Crippen molar-refractivity contribution in [1.82, 2.24) is 9.80 Å². The molecular formula is C26H31FN2O2S. The van der Waals surface area contributed by atoms with Gasteiger partial charge in [-0.3, -0.25) is 9.69 Å². The maximum Gasteiger partial charge on any atom is 0.246 e. The number of piperazine rings is 1. The molecule has 2 atom stereocenters. The van der Waals surface area contributed by atoms with Crippen LogP contribution in [-0.4, -0.2) is 53.7 Å². The normalized spacial score (nSPS) is 19.8. The van der Waals surface area contributed by atoms with E-state index in [0.717, 1.165) is 36.6 Å². The number of nitrogens with zero attached hydrogens (tertiary/aromatic N) is 2. The number of halogens is 1. The molecule has 0 bridgehead atoms. The molecule has 0 saturated carbocycles. The van der Waals surface area contributed by atoms with Crippen LogP contribution in [0.4, 0.5) is 4.39 Å². The molecule has 4 nitrogen and oxygen atoms in total. The van der Waals surface area contributed by atoms with Gasteiger partial charge in [0.15, 0.2) is 0 Å². The third-order valence-corrected chi connectivity index (χ3v) is 7.52. The molecule has 1 fully saturated rings. The number of ether oxygens (including phenoxy) is 1. The van der Waals surface area contributed by atoms with Crippen LogP contribution in [-0.2, 0) is 11.2 Å². The lowest BCUT2D eigenvalue weighted by molar-refractivity contribution is -0.130. The van der Waals surface area contributed by atoms with Crippen LogP contribution in [0.1, 0.15) is 36.1 Å². The first kappa shape index (κ1) is 22.9. The van der Waals surface area contributed by atoms with Gasteiger partial charge in [-0.2, -0.15) is 0 Å². The number of thioether (sulfide) groups is 1. The fourth-order valence-electron chi connectivity index (χ4n) is 4.47. The monoisotopic (exact) mass is 454 g/mol. The topological polar surface area (TPSA) is 32.8 Å². The van der Waals surface area contributed by atoms with Crippen molar-refractivity contribution >= 4 is 17.7 Å². The summed E-state index contributed by atoms with van der Waals surface area (Å²) in [4.78, 5) is 17.6. The van der Waals surface area contributed by atoms with Crippen molar-refractivity contribution in [3.05, 3.63) is 71.6 Å². The first-order valence-corrected chi connectivity index (χ1v) is 12.3. The van der Waals surface area contributed by atoms with Gasteiger partial charge in [0, 0.05) is 37.1 Å². The lowest BCUT2D eigenvalue weighted by Crippen LogP contribution is -2.54. The van der Waals surface area contributed by atoms with Gasteiger partial charge in [0.25, 0.3) is 0 Å². The van der Waals surface area contributed by atoms with E-state index < -0.39 is 0 Å². The molecule has 6 heteroatoms. The largest absolute Gasteiger partial charge is 0.484 e. The van der Waals surface area contributed by atoms with Gasteiger partial charge >= 0.3 is 0 Å². The van der Waals surface area contributed by atoms with Gasteiger partial charge in [-0.15, -0.1) is 11.8 Å². The van der Waals surface area contributed by atoms with Crippen molar-refractivity contribution in [3.63, 3.8) is 0 Å². The SMILES string of the molecule is C=CC(=O)N1CCN(C[C@@H](Oc2ccc3c(c2)CCCS3)c2ccc(C)c(F)c2)C[C@H]1C. The molecule has 2 aromatic rings. The Kier molecular flexibility index (Phi) is 7.21. The fraction of sp³-hybridized carbons (Fsp3) is 0.423. The molecule has 0 N–H and O–H groups in total. The van der Waals surface area contributed by atoms with Gasteiger partial charge in [0.2, 0.25) is 5.91 Å². The second kappa shape index (κ2) is 10.1. The first-order valence-electron chi connectivity index (χ1n) is 11.3. The Balaban J connectivity index is 1.54. The average molecular weight is 455 g/mol. The summed E-state index contributed by atoms with van der Waals surface area (Å²) in [6, 6.07) is 11.8. The zero-order valence-electron chi connectivity index (χ0n) is 18.9. The number of carbonyl (C=O) groups is 1. The Bertz CT molecular complexity index is 996. The average Bonchev–Trinajstić information content (AvgIpc) is 2.80. The molecule has 0 spiro atoms. The molecule has 0 aromatic heterocycles. The lowest BCUT2D eigenvalue weighted by atomic mass is 10.0. The fourth-order valence-corrected chi connectivity index (χ4v) is 5.49. The van der Waals surface area contributed by atoms with Gasteiger partial charge < -0.3 is 9.64 Å². The second-order valence-corrected chi connectivity index (χ2v) is 9.82. The molecule has 2 aliphatic heterocycles. The van der Waals surface area contributed by atoms with E-state index in [1.54, 1.807) is 13.0 Å². The van der Waals surface area contributed by atoms with E-state index >= 15 is 0 Å². The van der Waals surface area contributed by atoms with E-state index in [2.05, 4.69) is 30.5 Å². The Morgan fingerprint density at radius 2 is 2.16 bits per heavy atom. The highest BCUT2D eigenvalue weighted by Gasteiger charge is 2.29. The third kappa shape index (κ3) is 5.18. The van der Waals surface area contributed by atoms with E-state index in [-0.39, 0.29) is 23.9 Å². The molecule has 2 aliphatic rings. The minimum Gasteiger partial charge on any atom is -0.484 e. The van der Waals surface area contributed by atoms with Gasteiger partial charge in [-0.1, -0.05) is 18.7 Å². The molecule has 4 rings (SSSR count). The van der Waals surface area contributed by atoms with Crippen LogP contribution in [0.2, 0.25) is 0 Å². The number of hydrogen-bond donors (Lipinski definition) is 0. The smallest absolute Gasteiger partial charge is 0.246 e. The number of rotatable bonds is 6. The number of amides is 1. The molecule has 2 aromatic carbocycles. The minimum atomic E-state index is -0.298. The predicted octanol–water partition coefficient (Wildman–Crippen LogP) is 5.01. The number of aryl methyl sites for hydroxylation is 2. The number of hydrogen-bond acceptors (Lipinski definition) is 4. The highest BCUT2D eigenvalue weighted by molar-refractivity contribution is 7.99.